The molecule has 1 saturated carbocycles. The van der Waals surface area contributed by atoms with Crippen LogP contribution in [0.1, 0.15) is 37.7 Å². The van der Waals surface area contributed by atoms with Crippen molar-refractivity contribution in [3.8, 4) is 0 Å². The summed E-state index contributed by atoms with van der Waals surface area (Å²) in [5.41, 5.74) is 7.00. The fourth-order valence-electron chi connectivity index (χ4n) is 2.95. The van der Waals surface area contributed by atoms with E-state index in [1.807, 2.05) is 18.2 Å². The first-order chi connectivity index (χ1) is 9.22. The highest BCUT2D eigenvalue weighted by Gasteiger charge is 2.31. The molecule has 1 aromatic rings. The van der Waals surface area contributed by atoms with Gasteiger partial charge in [-0.1, -0.05) is 43.7 Å². The second-order valence-corrected chi connectivity index (χ2v) is 5.59. The highest BCUT2D eigenvalue weighted by atomic mass is 16.1. The van der Waals surface area contributed by atoms with Crippen LogP contribution >= 0.6 is 0 Å². The van der Waals surface area contributed by atoms with Gasteiger partial charge in [-0.05, 0) is 36.8 Å². The van der Waals surface area contributed by atoms with E-state index in [9.17, 15) is 4.79 Å². The van der Waals surface area contributed by atoms with Crippen LogP contribution in [0.5, 0.6) is 0 Å². The third kappa shape index (κ3) is 3.57. The van der Waals surface area contributed by atoms with Crippen LogP contribution in [0.4, 0.5) is 0 Å². The van der Waals surface area contributed by atoms with E-state index in [-0.39, 0.29) is 11.8 Å². The third-order valence-corrected chi connectivity index (χ3v) is 4.25. The van der Waals surface area contributed by atoms with E-state index in [1.165, 1.54) is 5.56 Å². The molecule has 1 aliphatic rings. The molecule has 0 heterocycles. The Balaban J connectivity index is 1.83. The van der Waals surface area contributed by atoms with Crippen molar-refractivity contribution in [1.82, 2.24) is 5.32 Å². The van der Waals surface area contributed by atoms with Crippen LogP contribution in [0.25, 0.3) is 0 Å². The van der Waals surface area contributed by atoms with Crippen molar-refractivity contribution in [3.05, 3.63) is 35.9 Å². The molecule has 3 atom stereocenters. The summed E-state index contributed by atoms with van der Waals surface area (Å²) < 4.78 is 0. The van der Waals surface area contributed by atoms with Crippen LogP contribution in [-0.4, -0.2) is 19.0 Å². The monoisotopic (exact) mass is 260 g/mol. The molecule has 3 N–H and O–H groups in total. The van der Waals surface area contributed by atoms with Crippen LogP contribution < -0.4 is 11.1 Å². The van der Waals surface area contributed by atoms with Gasteiger partial charge < -0.3 is 11.1 Å². The zero-order valence-corrected chi connectivity index (χ0v) is 11.6. The first-order valence-corrected chi connectivity index (χ1v) is 7.25. The summed E-state index contributed by atoms with van der Waals surface area (Å²) in [5.74, 6) is 1.05. The van der Waals surface area contributed by atoms with Crippen LogP contribution in [0.2, 0.25) is 0 Å². The molecule has 19 heavy (non-hydrogen) atoms. The van der Waals surface area contributed by atoms with Crippen LogP contribution in [0.15, 0.2) is 30.3 Å². The molecule has 1 aliphatic carbocycles. The molecule has 104 valence electrons. The molecule has 0 radical (unpaired) electrons. The lowest BCUT2D eigenvalue weighted by molar-refractivity contribution is -0.126. The Morgan fingerprint density at radius 3 is 2.79 bits per heavy atom. The van der Waals surface area contributed by atoms with E-state index in [4.69, 9.17) is 5.73 Å². The first kappa shape index (κ1) is 14.1. The summed E-state index contributed by atoms with van der Waals surface area (Å²) in [6, 6.07) is 10.3. The standard InChI is InChI=1S/C16H24N2O/c1-12(13-6-3-2-4-7-13)11-18-16(19)15-9-5-8-14(15)10-17/h2-4,6-7,12,14-15H,5,8-11,17H2,1H3,(H,18,19). The summed E-state index contributed by atoms with van der Waals surface area (Å²) in [6.07, 6.45) is 3.23. The van der Waals surface area contributed by atoms with Gasteiger partial charge in [-0.15, -0.1) is 0 Å². The van der Waals surface area contributed by atoms with Crippen LogP contribution in [0, 0.1) is 11.8 Å². The van der Waals surface area contributed by atoms with Gasteiger partial charge in [0.15, 0.2) is 0 Å². The van der Waals surface area contributed by atoms with Crippen molar-refractivity contribution in [2.24, 2.45) is 17.6 Å². The summed E-state index contributed by atoms with van der Waals surface area (Å²) in [7, 11) is 0. The molecule has 2 rings (SSSR count). The number of rotatable bonds is 5. The molecule has 0 spiro atoms. The van der Waals surface area contributed by atoms with Crippen LogP contribution in [-0.2, 0) is 4.79 Å². The maximum Gasteiger partial charge on any atom is 0.223 e. The second-order valence-electron chi connectivity index (χ2n) is 5.59. The van der Waals surface area contributed by atoms with E-state index < -0.39 is 0 Å². The van der Waals surface area contributed by atoms with Crippen molar-refractivity contribution in [1.29, 1.82) is 0 Å². The number of nitrogens with two attached hydrogens (primary N) is 1. The molecule has 3 nitrogen and oxygen atoms in total. The molecule has 0 bridgehead atoms. The number of benzene rings is 1. The Morgan fingerprint density at radius 2 is 2.11 bits per heavy atom. The number of amides is 1. The van der Waals surface area contributed by atoms with Gasteiger partial charge in [0.1, 0.15) is 0 Å². The molecular formula is C16H24N2O. The molecule has 0 saturated heterocycles. The summed E-state index contributed by atoms with van der Waals surface area (Å²) >= 11 is 0. The predicted octanol–water partition coefficient (Wildman–Crippen LogP) is 2.28. The molecule has 1 amide bonds. The lowest BCUT2D eigenvalue weighted by Crippen LogP contribution is -2.36. The Bertz CT molecular complexity index is 404. The number of hydrogen-bond donors (Lipinski definition) is 2. The smallest absolute Gasteiger partial charge is 0.223 e. The maximum atomic E-state index is 12.2. The number of carbonyl (C=O) groups excluding carboxylic acids is 1. The maximum absolute atomic E-state index is 12.2. The minimum Gasteiger partial charge on any atom is -0.355 e. The van der Waals surface area contributed by atoms with E-state index >= 15 is 0 Å². The third-order valence-electron chi connectivity index (χ3n) is 4.25. The zero-order chi connectivity index (χ0) is 13.7. The SMILES string of the molecule is CC(CNC(=O)C1CCCC1CN)c1ccccc1. The van der Waals surface area contributed by atoms with E-state index in [0.29, 0.717) is 24.9 Å². The van der Waals surface area contributed by atoms with Gasteiger partial charge >= 0.3 is 0 Å². The highest BCUT2D eigenvalue weighted by molar-refractivity contribution is 5.79. The van der Waals surface area contributed by atoms with Gasteiger partial charge in [-0.2, -0.15) is 0 Å². The van der Waals surface area contributed by atoms with E-state index in [0.717, 1.165) is 19.3 Å². The van der Waals surface area contributed by atoms with Crippen molar-refractivity contribution < 1.29 is 4.79 Å². The highest BCUT2D eigenvalue weighted by Crippen LogP contribution is 2.31. The van der Waals surface area contributed by atoms with Crippen LogP contribution in [0.3, 0.4) is 0 Å². The van der Waals surface area contributed by atoms with Gasteiger partial charge in [-0.3, -0.25) is 4.79 Å². The van der Waals surface area contributed by atoms with E-state index in [1.54, 1.807) is 0 Å². The summed E-state index contributed by atoms with van der Waals surface area (Å²) in [4.78, 5) is 12.2. The van der Waals surface area contributed by atoms with Gasteiger partial charge in [0.05, 0.1) is 0 Å². The Kier molecular flexibility index (Phi) is 4.97. The molecule has 1 fully saturated rings. The van der Waals surface area contributed by atoms with E-state index in [2.05, 4.69) is 24.4 Å². The Labute approximate surface area is 115 Å². The molecule has 0 aromatic heterocycles. The van der Waals surface area contributed by atoms with Gasteiger partial charge in [0, 0.05) is 12.5 Å². The molecule has 0 aliphatic heterocycles. The van der Waals surface area contributed by atoms with Crippen molar-refractivity contribution in [2.75, 3.05) is 13.1 Å². The summed E-state index contributed by atoms with van der Waals surface area (Å²) in [5, 5.41) is 3.09. The molecule has 1 aromatic carbocycles. The second kappa shape index (κ2) is 6.71. The number of nitrogens with one attached hydrogen (secondary N) is 1. The first-order valence-electron chi connectivity index (χ1n) is 7.25. The Morgan fingerprint density at radius 1 is 1.37 bits per heavy atom. The molecular weight excluding hydrogens is 236 g/mol. The normalized spacial score (nSPS) is 24.1. The summed E-state index contributed by atoms with van der Waals surface area (Å²) in [6.45, 7) is 3.48. The van der Waals surface area contributed by atoms with Gasteiger partial charge in [-0.25, -0.2) is 0 Å². The van der Waals surface area contributed by atoms with Gasteiger partial charge in [0.25, 0.3) is 0 Å². The predicted molar refractivity (Wildman–Crippen MR) is 77.8 cm³/mol. The van der Waals surface area contributed by atoms with Crippen molar-refractivity contribution in [2.45, 2.75) is 32.1 Å². The van der Waals surface area contributed by atoms with Crippen molar-refractivity contribution in [3.63, 3.8) is 0 Å². The number of hydrogen-bond acceptors (Lipinski definition) is 2. The fourth-order valence-corrected chi connectivity index (χ4v) is 2.95. The van der Waals surface area contributed by atoms with Gasteiger partial charge in [0.2, 0.25) is 5.91 Å². The van der Waals surface area contributed by atoms with Crippen molar-refractivity contribution >= 4 is 5.91 Å². The lowest BCUT2D eigenvalue weighted by Gasteiger charge is -2.19. The average molecular weight is 260 g/mol. The number of carbonyl (C=O) groups is 1. The minimum atomic E-state index is 0.132. The molecule has 3 unspecified atom stereocenters. The quantitative estimate of drug-likeness (QED) is 0.853. The fraction of sp³-hybridized carbons (Fsp3) is 0.562. The Hall–Kier alpha value is -1.35. The lowest BCUT2D eigenvalue weighted by atomic mass is 9.95. The largest absolute Gasteiger partial charge is 0.355 e. The topological polar surface area (TPSA) is 55.1 Å². The molecule has 3 heteroatoms. The average Bonchev–Trinajstić information content (AvgIpc) is 2.93. The minimum absolute atomic E-state index is 0.132. The zero-order valence-electron chi connectivity index (χ0n) is 11.6.